The quantitative estimate of drug-likeness (QED) is 0.154. The fourth-order valence-electron chi connectivity index (χ4n) is 3.19. The lowest BCUT2D eigenvalue weighted by Crippen LogP contribution is -1.95. The Labute approximate surface area is 259 Å². The third kappa shape index (κ3) is 11.8. The van der Waals surface area contributed by atoms with Crippen molar-refractivity contribution in [1.29, 1.82) is 0 Å². The second-order valence-electron chi connectivity index (χ2n) is 7.51. The lowest BCUT2D eigenvalue weighted by Gasteiger charge is -2.03. The molecule has 0 unspecified atom stereocenters. The van der Waals surface area contributed by atoms with Crippen LogP contribution < -0.4 is 0 Å². The summed E-state index contributed by atoms with van der Waals surface area (Å²) >= 11 is 0. The Bertz CT molecular complexity index is 1380. The molecule has 0 aliphatic carbocycles. The minimum absolute atomic E-state index is 0.252. The van der Waals surface area contributed by atoms with E-state index in [1.807, 2.05) is 79.7 Å². The summed E-state index contributed by atoms with van der Waals surface area (Å²) in [5.74, 6) is -3.19. The van der Waals surface area contributed by atoms with Crippen molar-refractivity contribution in [2.75, 3.05) is 0 Å². The predicted molar refractivity (Wildman–Crippen MR) is 176 cm³/mol. The SMILES string of the molecule is CC.CC.CC.CC.O=C(O)c1cc(N=Nc2ccc(-c3ccc(N=Nc4ccc(O)c(C(=O)O)c4)cc3)cc2)ccc1O. The molecule has 4 aromatic rings. The molecule has 0 radical (unpaired) electrons. The molecule has 4 rings (SSSR count). The van der Waals surface area contributed by atoms with Crippen LogP contribution in [0.5, 0.6) is 11.5 Å². The summed E-state index contributed by atoms with van der Waals surface area (Å²) in [6.45, 7) is 16.0. The lowest BCUT2D eigenvalue weighted by molar-refractivity contribution is 0.0682. The van der Waals surface area contributed by atoms with Crippen molar-refractivity contribution < 1.29 is 30.0 Å². The van der Waals surface area contributed by atoms with E-state index in [0.29, 0.717) is 22.7 Å². The van der Waals surface area contributed by atoms with Gasteiger partial charge in [0.15, 0.2) is 0 Å². The van der Waals surface area contributed by atoms with Crippen molar-refractivity contribution in [3.63, 3.8) is 0 Å². The summed E-state index contributed by atoms with van der Waals surface area (Å²) in [4.78, 5) is 22.2. The van der Waals surface area contributed by atoms with Crippen LogP contribution in [0, 0.1) is 0 Å². The maximum Gasteiger partial charge on any atom is 0.339 e. The molecule has 0 saturated carbocycles. The lowest BCUT2D eigenvalue weighted by atomic mass is 10.1. The van der Waals surface area contributed by atoms with Crippen LogP contribution in [0.4, 0.5) is 22.7 Å². The van der Waals surface area contributed by atoms with Gasteiger partial charge in [-0.3, -0.25) is 0 Å². The summed E-state index contributed by atoms with van der Waals surface area (Å²) in [6.07, 6.45) is 0. The van der Waals surface area contributed by atoms with E-state index in [1.165, 1.54) is 36.4 Å². The number of carboxylic acid groups (broad SMARTS) is 2. The number of carboxylic acids is 2. The Morgan fingerprint density at radius 3 is 0.955 bits per heavy atom. The van der Waals surface area contributed by atoms with E-state index in [2.05, 4.69) is 20.5 Å². The number of carbonyl (C=O) groups is 2. The number of phenols is 2. The standard InChI is InChI=1S/C26H18N4O6.4C2H6/c31-23-11-9-19(13-21(23)25(33)34)29-27-17-5-1-15(2-6-17)16-3-7-18(8-4-16)28-30-20-10-12-24(32)22(14-20)26(35)36;4*1-2/h1-14,31-32H,(H,33,34)(H,35,36);4*1-2H3. The Hall–Kier alpha value is -5.38. The topological polar surface area (TPSA) is 164 Å². The Morgan fingerprint density at radius 2 is 0.682 bits per heavy atom. The summed E-state index contributed by atoms with van der Waals surface area (Å²) in [5, 5.41) is 53.6. The highest BCUT2D eigenvalue weighted by atomic mass is 16.4. The molecular weight excluding hydrogens is 560 g/mol. The van der Waals surface area contributed by atoms with E-state index in [0.717, 1.165) is 11.1 Å². The number of aromatic hydroxyl groups is 2. The summed E-state index contributed by atoms with van der Waals surface area (Å²) in [6, 6.07) is 22.4. The molecule has 0 spiro atoms. The predicted octanol–water partition coefficient (Wildman–Crippen LogP) is 11.1. The average molecular weight is 603 g/mol. The fraction of sp³-hybridized carbons (Fsp3) is 0.235. The van der Waals surface area contributed by atoms with Crippen molar-refractivity contribution in [3.8, 4) is 22.6 Å². The first-order chi connectivity index (χ1) is 21.3. The van der Waals surface area contributed by atoms with E-state index in [-0.39, 0.29) is 22.6 Å². The first-order valence-corrected chi connectivity index (χ1v) is 14.5. The largest absolute Gasteiger partial charge is 0.507 e. The van der Waals surface area contributed by atoms with Gasteiger partial charge in [-0.05, 0) is 71.8 Å². The highest BCUT2D eigenvalue weighted by molar-refractivity contribution is 5.92. The molecule has 234 valence electrons. The molecule has 0 fully saturated rings. The smallest absolute Gasteiger partial charge is 0.339 e. The van der Waals surface area contributed by atoms with Crippen molar-refractivity contribution in [1.82, 2.24) is 0 Å². The van der Waals surface area contributed by atoms with Crippen LogP contribution in [-0.2, 0) is 0 Å². The van der Waals surface area contributed by atoms with Crippen molar-refractivity contribution in [2.45, 2.75) is 55.4 Å². The van der Waals surface area contributed by atoms with Crippen molar-refractivity contribution in [3.05, 3.63) is 96.1 Å². The molecule has 10 nitrogen and oxygen atoms in total. The molecule has 0 aliphatic heterocycles. The van der Waals surface area contributed by atoms with Crippen LogP contribution in [0.1, 0.15) is 76.1 Å². The van der Waals surface area contributed by atoms with E-state index in [1.54, 1.807) is 24.3 Å². The van der Waals surface area contributed by atoms with Gasteiger partial charge in [-0.25, -0.2) is 9.59 Å². The highest BCUT2D eigenvalue weighted by Crippen LogP contribution is 2.29. The molecule has 0 aromatic heterocycles. The normalized spacial score (nSPS) is 9.73. The second kappa shape index (κ2) is 21.3. The van der Waals surface area contributed by atoms with Crippen LogP contribution >= 0.6 is 0 Å². The minimum Gasteiger partial charge on any atom is -0.507 e. The third-order valence-electron chi connectivity index (χ3n) is 5.05. The first-order valence-electron chi connectivity index (χ1n) is 14.5. The van der Waals surface area contributed by atoms with Crippen molar-refractivity contribution in [2.24, 2.45) is 20.5 Å². The monoisotopic (exact) mass is 602 g/mol. The molecule has 4 N–H and O–H groups in total. The summed E-state index contributed by atoms with van der Waals surface area (Å²) < 4.78 is 0. The van der Waals surface area contributed by atoms with Gasteiger partial charge in [-0.15, -0.1) is 0 Å². The summed E-state index contributed by atoms with van der Waals surface area (Å²) in [7, 11) is 0. The molecule has 10 heteroatoms. The van der Waals surface area contributed by atoms with E-state index >= 15 is 0 Å². The Morgan fingerprint density at radius 1 is 0.432 bits per heavy atom. The molecule has 0 amide bonds. The zero-order valence-electron chi connectivity index (χ0n) is 26.5. The number of rotatable bonds is 7. The van der Waals surface area contributed by atoms with Gasteiger partial charge in [-0.1, -0.05) is 79.7 Å². The van der Waals surface area contributed by atoms with Gasteiger partial charge >= 0.3 is 11.9 Å². The van der Waals surface area contributed by atoms with Gasteiger partial charge in [0.25, 0.3) is 0 Å². The number of benzene rings is 4. The van der Waals surface area contributed by atoms with Crippen LogP contribution in [0.25, 0.3) is 11.1 Å². The first kappa shape index (κ1) is 38.6. The van der Waals surface area contributed by atoms with Gasteiger partial charge in [0.2, 0.25) is 0 Å². The minimum atomic E-state index is -1.26. The molecular formula is C34H42N4O6. The zero-order chi connectivity index (χ0) is 33.7. The number of hydrogen-bond donors (Lipinski definition) is 4. The van der Waals surface area contributed by atoms with Crippen molar-refractivity contribution >= 4 is 34.7 Å². The van der Waals surface area contributed by atoms with E-state index in [4.69, 9.17) is 10.2 Å². The van der Waals surface area contributed by atoms with Gasteiger partial charge in [0, 0.05) is 0 Å². The van der Waals surface area contributed by atoms with Gasteiger partial charge < -0.3 is 20.4 Å². The number of hydrogen-bond acceptors (Lipinski definition) is 8. The fourth-order valence-corrected chi connectivity index (χ4v) is 3.19. The number of nitrogens with zero attached hydrogens (tertiary/aromatic N) is 4. The molecule has 0 aliphatic rings. The van der Waals surface area contributed by atoms with Gasteiger partial charge in [-0.2, -0.15) is 20.5 Å². The maximum absolute atomic E-state index is 11.1. The molecule has 4 aromatic carbocycles. The second-order valence-corrected chi connectivity index (χ2v) is 7.51. The highest BCUT2D eigenvalue weighted by Gasteiger charge is 2.11. The van der Waals surface area contributed by atoms with Crippen LogP contribution in [-0.4, -0.2) is 32.4 Å². The number of azo groups is 2. The third-order valence-corrected chi connectivity index (χ3v) is 5.05. The zero-order valence-corrected chi connectivity index (χ0v) is 26.5. The van der Waals surface area contributed by atoms with Gasteiger partial charge in [0.1, 0.15) is 22.6 Å². The van der Waals surface area contributed by atoms with Gasteiger partial charge in [0.05, 0.1) is 22.7 Å². The molecule has 0 bridgehead atoms. The van der Waals surface area contributed by atoms with Crippen LogP contribution in [0.15, 0.2) is 105 Å². The molecule has 0 heterocycles. The molecule has 44 heavy (non-hydrogen) atoms. The average Bonchev–Trinajstić information content (AvgIpc) is 3.08. The number of aromatic carboxylic acids is 2. The van der Waals surface area contributed by atoms with E-state index in [9.17, 15) is 19.8 Å². The molecule has 0 saturated heterocycles. The van der Waals surface area contributed by atoms with Crippen LogP contribution in [0.2, 0.25) is 0 Å². The molecule has 0 atom stereocenters. The Kier molecular flexibility index (Phi) is 18.7. The summed E-state index contributed by atoms with van der Waals surface area (Å²) in [5.41, 5.74) is 3.04. The van der Waals surface area contributed by atoms with Crippen LogP contribution in [0.3, 0.4) is 0 Å². The maximum atomic E-state index is 11.1. The van der Waals surface area contributed by atoms with E-state index < -0.39 is 11.9 Å². The Balaban J connectivity index is 0.00000214.